The summed E-state index contributed by atoms with van der Waals surface area (Å²) in [5.74, 6) is 0.380. The van der Waals surface area contributed by atoms with Crippen molar-refractivity contribution < 1.29 is 4.79 Å². The first-order valence-electron chi connectivity index (χ1n) is 6.40. The average Bonchev–Trinajstić information content (AvgIpc) is 2.44. The van der Waals surface area contributed by atoms with Crippen molar-refractivity contribution in [2.75, 3.05) is 11.1 Å². The fourth-order valence-electron chi connectivity index (χ4n) is 1.78. The Morgan fingerprint density at radius 3 is 2.52 bits per heavy atom. The third kappa shape index (κ3) is 4.90. The number of aryl methyl sites for hydroxylation is 2. The SMILES string of the molecule is Cc1cc(NC(=O)CSc2ccc(Cl)cc2)c(C)cc1I. The lowest BCUT2D eigenvalue weighted by Gasteiger charge is -2.10. The highest BCUT2D eigenvalue weighted by Crippen LogP contribution is 2.23. The van der Waals surface area contributed by atoms with Crippen molar-refractivity contribution in [3.05, 3.63) is 56.1 Å². The molecule has 0 heterocycles. The molecule has 2 rings (SSSR count). The fourth-order valence-corrected chi connectivity index (χ4v) is 3.23. The lowest BCUT2D eigenvalue weighted by Crippen LogP contribution is -2.15. The van der Waals surface area contributed by atoms with Gasteiger partial charge in [-0.3, -0.25) is 4.79 Å². The minimum Gasteiger partial charge on any atom is -0.325 e. The molecule has 0 aromatic heterocycles. The maximum Gasteiger partial charge on any atom is 0.234 e. The zero-order valence-corrected chi connectivity index (χ0v) is 15.5. The molecule has 0 saturated heterocycles. The normalized spacial score (nSPS) is 10.5. The van der Waals surface area contributed by atoms with Crippen molar-refractivity contribution >= 4 is 57.5 Å². The van der Waals surface area contributed by atoms with Crippen LogP contribution < -0.4 is 5.32 Å². The monoisotopic (exact) mass is 431 g/mol. The predicted molar refractivity (Wildman–Crippen MR) is 99.4 cm³/mol. The molecule has 2 aromatic rings. The summed E-state index contributed by atoms with van der Waals surface area (Å²) in [7, 11) is 0. The van der Waals surface area contributed by atoms with Crippen LogP contribution in [-0.2, 0) is 4.79 Å². The summed E-state index contributed by atoms with van der Waals surface area (Å²) in [5.41, 5.74) is 3.13. The maximum absolute atomic E-state index is 12.0. The molecule has 0 spiro atoms. The van der Waals surface area contributed by atoms with E-state index >= 15 is 0 Å². The van der Waals surface area contributed by atoms with Crippen molar-refractivity contribution in [3.63, 3.8) is 0 Å². The van der Waals surface area contributed by atoms with Crippen LogP contribution in [0.2, 0.25) is 5.02 Å². The molecule has 0 aliphatic heterocycles. The minimum absolute atomic E-state index is 0.00124. The van der Waals surface area contributed by atoms with Crippen molar-refractivity contribution in [1.82, 2.24) is 0 Å². The van der Waals surface area contributed by atoms with Gasteiger partial charge < -0.3 is 5.32 Å². The Bertz CT molecular complexity index is 658. The van der Waals surface area contributed by atoms with Crippen molar-refractivity contribution in [2.45, 2.75) is 18.7 Å². The number of nitrogens with one attached hydrogen (secondary N) is 1. The third-order valence-corrected chi connectivity index (χ3v) is 5.39. The van der Waals surface area contributed by atoms with E-state index in [0.29, 0.717) is 10.8 Å². The molecule has 0 aliphatic rings. The van der Waals surface area contributed by atoms with Crippen LogP contribution in [0.15, 0.2) is 41.3 Å². The van der Waals surface area contributed by atoms with Crippen LogP contribution in [0.5, 0.6) is 0 Å². The van der Waals surface area contributed by atoms with Crippen LogP contribution in [-0.4, -0.2) is 11.7 Å². The molecule has 1 amide bonds. The van der Waals surface area contributed by atoms with Crippen molar-refractivity contribution in [3.8, 4) is 0 Å². The second-order valence-electron chi connectivity index (χ2n) is 4.71. The fraction of sp³-hybridized carbons (Fsp3) is 0.188. The summed E-state index contributed by atoms with van der Waals surface area (Å²) in [5, 5.41) is 3.67. The van der Waals surface area contributed by atoms with Crippen LogP contribution in [0.4, 0.5) is 5.69 Å². The second kappa shape index (κ2) is 7.51. The van der Waals surface area contributed by atoms with Gasteiger partial charge in [-0.1, -0.05) is 11.6 Å². The molecular weight excluding hydrogens is 417 g/mol. The van der Waals surface area contributed by atoms with Crippen LogP contribution in [0.25, 0.3) is 0 Å². The van der Waals surface area contributed by atoms with Gasteiger partial charge in [-0.2, -0.15) is 0 Å². The van der Waals surface area contributed by atoms with Gasteiger partial charge in [0, 0.05) is 19.2 Å². The first kappa shape index (κ1) is 16.6. The standard InChI is InChI=1S/C16H15ClINOS/c1-10-8-15(11(2)7-14(10)18)19-16(20)9-21-13-5-3-12(17)4-6-13/h3-8H,9H2,1-2H3,(H,19,20). The Balaban J connectivity index is 1.96. The number of anilines is 1. The van der Waals surface area contributed by atoms with Gasteiger partial charge in [-0.05, 0) is 84.0 Å². The summed E-state index contributed by atoms with van der Waals surface area (Å²) in [6, 6.07) is 11.6. The Hall–Kier alpha value is -0.720. The van der Waals surface area contributed by atoms with Crippen LogP contribution in [0.3, 0.4) is 0 Å². The predicted octanol–water partition coefficient (Wildman–Crippen LogP) is 5.29. The van der Waals surface area contributed by atoms with E-state index in [4.69, 9.17) is 11.6 Å². The van der Waals surface area contributed by atoms with E-state index in [2.05, 4.69) is 34.0 Å². The summed E-state index contributed by atoms with van der Waals surface area (Å²) >= 11 is 9.63. The molecule has 1 N–H and O–H groups in total. The highest BCUT2D eigenvalue weighted by Gasteiger charge is 2.07. The van der Waals surface area contributed by atoms with Gasteiger partial charge in [0.15, 0.2) is 0 Å². The number of halogens is 2. The molecule has 0 atom stereocenters. The largest absolute Gasteiger partial charge is 0.325 e. The summed E-state index contributed by atoms with van der Waals surface area (Å²) < 4.78 is 1.21. The van der Waals surface area contributed by atoms with Crippen molar-refractivity contribution in [2.24, 2.45) is 0 Å². The van der Waals surface area contributed by atoms with E-state index in [1.807, 2.05) is 44.2 Å². The lowest BCUT2D eigenvalue weighted by molar-refractivity contribution is -0.113. The van der Waals surface area contributed by atoms with E-state index in [9.17, 15) is 4.79 Å². The molecule has 110 valence electrons. The molecule has 0 bridgehead atoms. The zero-order valence-electron chi connectivity index (χ0n) is 11.7. The van der Waals surface area contributed by atoms with E-state index in [1.165, 1.54) is 20.9 Å². The van der Waals surface area contributed by atoms with Crippen molar-refractivity contribution in [1.29, 1.82) is 0 Å². The van der Waals surface area contributed by atoms with Crippen LogP contribution in [0, 0.1) is 17.4 Å². The Morgan fingerprint density at radius 1 is 1.19 bits per heavy atom. The van der Waals surface area contributed by atoms with E-state index in [0.717, 1.165) is 16.1 Å². The minimum atomic E-state index is -0.00124. The van der Waals surface area contributed by atoms with E-state index < -0.39 is 0 Å². The number of rotatable bonds is 4. The van der Waals surface area contributed by atoms with E-state index in [-0.39, 0.29) is 5.91 Å². The maximum atomic E-state index is 12.0. The Labute approximate surface area is 147 Å². The molecule has 0 fully saturated rings. The highest BCUT2D eigenvalue weighted by molar-refractivity contribution is 14.1. The summed E-state index contributed by atoms with van der Waals surface area (Å²) in [6.45, 7) is 4.04. The van der Waals surface area contributed by atoms with Gasteiger partial charge in [-0.25, -0.2) is 0 Å². The molecular formula is C16H15ClINOS. The van der Waals surface area contributed by atoms with E-state index in [1.54, 1.807) is 0 Å². The molecule has 0 saturated carbocycles. The first-order valence-corrected chi connectivity index (χ1v) is 8.85. The number of carbonyl (C=O) groups excluding carboxylic acids is 1. The number of hydrogen-bond acceptors (Lipinski definition) is 2. The Kier molecular flexibility index (Phi) is 5.96. The highest BCUT2D eigenvalue weighted by atomic mass is 127. The van der Waals surface area contributed by atoms with Gasteiger partial charge in [-0.15, -0.1) is 11.8 Å². The molecule has 0 unspecified atom stereocenters. The quantitative estimate of drug-likeness (QED) is 0.526. The molecule has 0 aliphatic carbocycles. The van der Waals surface area contributed by atoms with Gasteiger partial charge >= 0.3 is 0 Å². The number of benzene rings is 2. The number of carbonyl (C=O) groups is 1. The number of thioether (sulfide) groups is 1. The molecule has 2 aromatic carbocycles. The smallest absolute Gasteiger partial charge is 0.234 e. The van der Waals surface area contributed by atoms with Crippen LogP contribution >= 0.6 is 46.0 Å². The summed E-state index contributed by atoms with van der Waals surface area (Å²) in [4.78, 5) is 13.1. The molecule has 21 heavy (non-hydrogen) atoms. The van der Waals surface area contributed by atoms with Gasteiger partial charge in [0.2, 0.25) is 5.91 Å². The second-order valence-corrected chi connectivity index (χ2v) is 7.35. The molecule has 2 nitrogen and oxygen atoms in total. The molecule has 5 heteroatoms. The topological polar surface area (TPSA) is 29.1 Å². The van der Waals surface area contributed by atoms with Crippen LogP contribution in [0.1, 0.15) is 11.1 Å². The van der Waals surface area contributed by atoms with Gasteiger partial charge in [0.1, 0.15) is 0 Å². The molecule has 0 radical (unpaired) electrons. The Morgan fingerprint density at radius 2 is 1.86 bits per heavy atom. The van der Waals surface area contributed by atoms with Gasteiger partial charge in [0.05, 0.1) is 5.75 Å². The lowest BCUT2D eigenvalue weighted by atomic mass is 10.1. The summed E-state index contributed by atoms with van der Waals surface area (Å²) in [6.07, 6.45) is 0. The zero-order chi connectivity index (χ0) is 15.4. The first-order chi connectivity index (χ1) is 9.95. The third-order valence-electron chi connectivity index (χ3n) is 2.96. The number of hydrogen-bond donors (Lipinski definition) is 1. The van der Waals surface area contributed by atoms with Gasteiger partial charge in [0.25, 0.3) is 0 Å². The number of amides is 1. The average molecular weight is 432 g/mol.